The van der Waals surface area contributed by atoms with Crippen LogP contribution in [-0.4, -0.2) is 42.1 Å². The molecule has 1 amide bonds. The summed E-state index contributed by atoms with van der Waals surface area (Å²) < 4.78 is 0. The van der Waals surface area contributed by atoms with Gasteiger partial charge in [-0.3, -0.25) is 15.2 Å². The lowest BCUT2D eigenvalue weighted by molar-refractivity contribution is -0.120. The quantitative estimate of drug-likeness (QED) is 0.328. The largest absolute Gasteiger partial charge is 0.353 e. The van der Waals surface area contributed by atoms with Crippen LogP contribution < -0.4 is 21.5 Å². The Labute approximate surface area is 196 Å². The van der Waals surface area contributed by atoms with E-state index in [1.165, 1.54) is 5.56 Å². The number of rotatable bonds is 6. The predicted molar refractivity (Wildman–Crippen MR) is 126 cm³/mol. The van der Waals surface area contributed by atoms with Gasteiger partial charge in [-0.15, -0.1) is 49.6 Å². The minimum Gasteiger partial charge on any atom is -0.353 e. The first-order chi connectivity index (χ1) is 12.2. The average molecular weight is 486 g/mol. The number of benzene rings is 1. The van der Waals surface area contributed by atoms with E-state index in [4.69, 9.17) is 5.84 Å². The van der Waals surface area contributed by atoms with E-state index in [1.54, 1.807) is 0 Å². The number of halogens is 4. The molecule has 164 valence electrons. The van der Waals surface area contributed by atoms with Gasteiger partial charge in [-0.1, -0.05) is 24.3 Å². The first kappa shape index (κ1) is 29.8. The number of carbonyl (C=O) groups excluding carboxylic acids is 1. The number of aryl methyl sites for hydroxylation is 2. The van der Waals surface area contributed by atoms with Gasteiger partial charge in [-0.05, 0) is 24.0 Å². The third-order valence-corrected chi connectivity index (χ3v) is 4.35. The van der Waals surface area contributed by atoms with Crippen molar-refractivity contribution in [1.29, 1.82) is 0 Å². The van der Waals surface area contributed by atoms with Crippen molar-refractivity contribution in [2.75, 3.05) is 31.1 Å². The van der Waals surface area contributed by atoms with Crippen molar-refractivity contribution >= 4 is 61.4 Å². The number of amides is 1. The minimum absolute atomic E-state index is 0. The van der Waals surface area contributed by atoms with Crippen molar-refractivity contribution in [2.45, 2.75) is 19.3 Å². The number of hydrazine groups is 1. The Balaban J connectivity index is 0. The van der Waals surface area contributed by atoms with Crippen LogP contribution >= 0.6 is 49.6 Å². The van der Waals surface area contributed by atoms with Gasteiger partial charge in [-0.2, -0.15) is 0 Å². The fourth-order valence-corrected chi connectivity index (χ4v) is 2.87. The van der Waals surface area contributed by atoms with E-state index in [0.29, 0.717) is 6.42 Å². The van der Waals surface area contributed by atoms with Crippen molar-refractivity contribution < 1.29 is 4.79 Å². The zero-order chi connectivity index (χ0) is 17.5. The van der Waals surface area contributed by atoms with Crippen LogP contribution in [0.3, 0.4) is 0 Å². The summed E-state index contributed by atoms with van der Waals surface area (Å²) in [6, 6.07) is 8.01. The molecule has 29 heavy (non-hydrogen) atoms. The second-order valence-corrected chi connectivity index (χ2v) is 6.16. The fourth-order valence-electron chi connectivity index (χ4n) is 2.87. The van der Waals surface area contributed by atoms with Gasteiger partial charge in [-0.25, -0.2) is 10.8 Å². The Morgan fingerprint density at radius 2 is 1.59 bits per heavy atom. The molecule has 0 aliphatic carbocycles. The van der Waals surface area contributed by atoms with Gasteiger partial charge < -0.3 is 10.2 Å². The molecular weight excluding hydrogens is 458 g/mol. The lowest BCUT2D eigenvalue weighted by Crippen LogP contribution is -2.43. The molecule has 7 nitrogen and oxygen atoms in total. The van der Waals surface area contributed by atoms with Gasteiger partial charge in [0.25, 0.3) is 0 Å². The number of anilines is 1. The SMILES string of the molecule is Cl.Cl.Cl.Cl.NNC(=O)Cc1ccc(CCc2cnc(N3CCNCC3)cn2)cc1. The second-order valence-electron chi connectivity index (χ2n) is 6.16. The molecule has 0 saturated carbocycles. The number of hydrogen-bond donors (Lipinski definition) is 3. The molecule has 3 rings (SSSR count). The number of nitrogens with one attached hydrogen (secondary N) is 2. The van der Waals surface area contributed by atoms with E-state index in [1.807, 2.05) is 36.7 Å². The lowest BCUT2D eigenvalue weighted by Gasteiger charge is -2.28. The van der Waals surface area contributed by atoms with Gasteiger partial charge >= 0.3 is 0 Å². The number of hydrogen-bond acceptors (Lipinski definition) is 6. The number of nitrogens with two attached hydrogens (primary N) is 1. The van der Waals surface area contributed by atoms with Gasteiger partial charge in [0, 0.05) is 26.2 Å². The summed E-state index contributed by atoms with van der Waals surface area (Å²) in [6.07, 6.45) is 5.78. The molecule has 0 spiro atoms. The van der Waals surface area contributed by atoms with Crippen molar-refractivity contribution in [2.24, 2.45) is 5.84 Å². The molecule has 4 N–H and O–H groups in total. The summed E-state index contributed by atoms with van der Waals surface area (Å²) in [4.78, 5) is 22.6. The van der Waals surface area contributed by atoms with Crippen LogP contribution in [0.4, 0.5) is 5.82 Å². The molecule has 0 unspecified atom stereocenters. The van der Waals surface area contributed by atoms with Crippen LogP contribution in [0.5, 0.6) is 0 Å². The summed E-state index contributed by atoms with van der Waals surface area (Å²) in [5.41, 5.74) is 5.30. The number of piperazine rings is 1. The molecular formula is C18H28Cl4N6O. The molecule has 1 saturated heterocycles. The molecule has 1 fully saturated rings. The van der Waals surface area contributed by atoms with Crippen LogP contribution in [0, 0.1) is 0 Å². The highest BCUT2D eigenvalue weighted by atomic mass is 35.5. The summed E-state index contributed by atoms with van der Waals surface area (Å²) in [7, 11) is 0. The monoisotopic (exact) mass is 484 g/mol. The van der Waals surface area contributed by atoms with Crippen LogP contribution in [-0.2, 0) is 24.1 Å². The Morgan fingerprint density at radius 1 is 0.966 bits per heavy atom. The average Bonchev–Trinajstić information content (AvgIpc) is 2.68. The zero-order valence-electron chi connectivity index (χ0n) is 15.9. The highest BCUT2D eigenvalue weighted by Gasteiger charge is 2.11. The molecule has 1 aromatic carbocycles. The molecule has 0 radical (unpaired) electrons. The second kappa shape index (κ2) is 15.5. The summed E-state index contributed by atoms with van der Waals surface area (Å²) in [6.45, 7) is 3.93. The fraction of sp³-hybridized carbons (Fsp3) is 0.389. The van der Waals surface area contributed by atoms with Crippen molar-refractivity contribution in [3.63, 3.8) is 0 Å². The van der Waals surface area contributed by atoms with Crippen LogP contribution in [0.2, 0.25) is 0 Å². The Kier molecular flexibility index (Phi) is 15.9. The van der Waals surface area contributed by atoms with Crippen molar-refractivity contribution in [3.05, 3.63) is 53.5 Å². The van der Waals surface area contributed by atoms with Crippen LogP contribution in [0.15, 0.2) is 36.7 Å². The third-order valence-electron chi connectivity index (χ3n) is 4.35. The first-order valence-corrected chi connectivity index (χ1v) is 8.58. The number of carbonyl (C=O) groups is 1. The molecule has 1 aliphatic rings. The van der Waals surface area contributed by atoms with Crippen LogP contribution in [0.25, 0.3) is 0 Å². The molecule has 2 aromatic rings. The minimum atomic E-state index is -0.187. The predicted octanol–water partition coefficient (Wildman–Crippen LogP) is 1.89. The van der Waals surface area contributed by atoms with E-state index in [0.717, 1.165) is 56.1 Å². The Bertz CT molecular complexity index is 697. The Morgan fingerprint density at radius 3 is 2.14 bits per heavy atom. The van der Waals surface area contributed by atoms with Crippen molar-refractivity contribution in [1.82, 2.24) is 20.7 Å². The molecule has 0 bridgehead atoms. The van der Waals surface area contributed by atoms with Crippen LogP contribution in [0.1, 0.15) is 16.8 Å². The maximum atomic E-state index is 11.3. The summed E-state index contributed by atoms with van der Waals surface area (Å²) >= 11 is 0. The van der Waals surface area contributed by atoms with Crippen molar-refractivity contribution in [3.8, 4) is 0 Å². The summed E-state index contributed by atoms with van der Waals surface area (Å²) in [5.74, 6) is 5.87. The standard InChI is InChI=1S/C18H24N6O.4ClH/c19-23-18(25)11-15-3-1-14(2-4-15)5-6-16-12-22-17(13-21-16)24-9-7-20-8-10-24;;;;/h1-4,12-13,20H,5-11,19H2,(H,23,25);4*1H. The highest BCUT2D eigenvalue weighted by molar-refractivity contribution is 5.86. The maximum Gasteiger partial charge on any atom is 0.238 e. The number of nitrogens with zero attached hydrogens (tertiary/aromatic N) is 3. The van der Waals surface area contributed by atoms with Gasteiger partial charge in [0.2, 0.25) is 5.91 Å². The highest BCUT2D eigenvalue weighted by Crippen LogP contribution is 2.12. The van der Waals surface area contributed by atoms with E-state index in [9.17, 15) is 4.79 Å². The summed E-state index contributed by atoms with van der Waals surface area (Å²) in [5, 5.41) is 3.33. The third kappa shape index (κ3) is 9.33. The van der Waals surface area contributed by atoms with E-state index >= 15 is 0 Å². The molecule has 11 heteroatoms. The van der Waals surface area contributed by atoms with Gasteiger partial charge in [0.05, 0.1) is 24.5 Å². The van der Waals surface area contributed by atoms with E-state index in [-0.39, 0.29) is 55.5 Å². The zero-order valence-corrected chi connectivity index (χ0v) is 19.1. The van der Waals surface area contributed by atoms with Gasteiger partial charge in [0.15, 0.2) is 0 Å². The smallest absolute Gasteiger partial charge is 0.238 e. The molecule has 1 aromatic heterocycles. The Hall–Kier alpha value is -1.35. The topological polar surface area (TPSA) is 96.2 Å². The van der Waals surface area contributed by atoms with E-state index in [2.05, 4.69) is 25.6 Å². The molecule has 2 heterocycles. The molecule has 1 aliphatic heterocycles. The lowest BCUT2D eigenvalue weighted by atomic mass is 10.0. The number of aromatic nitrogens is 2. The maximum absolute atomic E-state index is 11.3. The molecule has 0 atom stereocenters. The first-order valence-electron chi connectivity index (χ1n) is 8.58. The van der Waals surface area contributed by atoms with Gasteiger partial charge in [0.1, 0.15) is 5.82 Å². The van der Waals surface area contributed by atoms with E-state index < -0.39 is 0 Å². The normalized spacial score (nSPS) is 12.4.